The van der Waals surface area contributed by atoms with Gasteiger partial charge < -0.3 is 4.74 Å². The van der Waals surface area contributed by atoms with E-state index in [1.165, 1.54) is 0 Å². The molecular formula is C43H27N3O. The minimum absolute atomic E-state index is 0.313. The highest BCUT2D eigenvalue weighted by molar-refractivity contribution is 6.04. The lowest BCUT2D eigenvalue weighted by atomic mass is 9.92. The molecule has 0 saturated carbocycles. The number of aromatic nitrogens is 3. The molecule has 0 amide bonds. The molecule has 2 heterocycles. The molecule has 1 aromatic heterocycles. The zero-order valence-electron chi connectivity index (χ0n) is 50.2. The summed E-state index contributed by atoms with van der Waals surface area (Å²) in [7, 11) is 0. The van der Waals surface area contributed by atoms with E-state index in [1.807, 2.05) is 0 Å². The fourth-order valence-corrected chi connectivity index (χ4v) is 4.63. The number of hydrogen-bond donors (Lipinski definition) is 0. The molecule has 0 saturated heterocycles. The lowest BCUT2D eigenvalue weighted by Gasteiger charge is -2.22. The van der Waals surface area contributed by atoms with Crippen LogP contribution in [-0.2, 0) is 0 Å². The summed E-state index contributed by atoms with van der Waals surface area (Å²) in [4.78, 5) is 12.6. The number of nitrogens with zero attached hydrogens (tertiary/aromatic N) is 3. The minimum Gasteiger partial charge on any atom is -0.456 e. The van der Waals surface area contributed by atoms with Gasteiger partial charge in [-0.05, 0) is 51.3 Å². The molecule has 8 aromatic rings. The van der Waals surface area contributed by atoms with Gasteiger partial charge in [-0.15, -0.1) is 0 Å². The Hall–Kier alpha value is -6.39. The third kappa shape index (κ3) is 4.93. The van der Waals surface area contributed by atoms with Crippen molar-refractivity contribution in [3.63, 3.8) is 0 Å². The van der Waals surface area contributed by atoms with Crippen LogP contribution in [0.1, 0.15) is 37.0 Å². The molecule has 0 fully saturated rings. The molecule has 4 heteroatoms. The number of ether oxygens (including phenoxy) is 1. The van der Waals surface area contributed by atoms with Gasteiger partial charge in [-0.2, -0.15) is 0 Å². The number of rotatable bonds is 5. The fourth-order valence-electron chi connectivity index (χ4n) is 4.63. The zero-order valence-corrected chi connectivity index (χ0v) is 23.2. The topological polar surface area (TPSA) is 47.9 Å². The molecule has 0 N–H and O–H groups in total. The van der Waals surface area contributed by atoms with Gasteiger partial charge in [-0.1, -0.05) is 145 Å². The summed E-state index contributed by atoms with van der Waals surface area (Å²) in [5.41, 5.74) is -6.35. The number of hydrogen-bond acceptors (Lipinski definition) is 4. The maximum absolute atomic E-state index is 9.44. The minimum atomic E-state index is -1.05. The molecule has 1 aliphatic rings. The standard InChI is InChI=1S/C43H27N3O/c1-3-9-28(10-4-1)29-17-21-33(22-18-29)42-44-41(32-11-5-2-6-12-32)45-43(46-42)34-23-19-30(20-24-34)35-25-26-38-37(27-35)36-15-7-13-31-14-8-16-39(47-38)40(31)36/h1-27H/i1D,2D,3D,4D,5D,6D,7D,8D,9D,10D,11D,12D,13D,14D,15D,16D,17D,18D,19D,20D,21D,22D,23D,24D,25D,26D,27D. The summed E-state index contributed by atoms with van der Waals surface area (Å²) >= 11 is 0. The third-order valence-electron chi connectivity index (χ3n) is 6.75. The second-order valence-corrected chi connectivity index (χ2v) is 9.57. The van der Waals surface area contributed by atoms with Gasteiger partial charge in [0.2, 0.25) is 0 Å². The van der Waals surface area contributed by atoms with Gasteiger partial charge in [-0.25, -0.2) is 15.0 Å². The summed E-state index contributed by atoms with van der Waals surface area (Å²) in [6.07, 6.45) is 0. The predicted octanol–water partition coefficient (Wildman–Crippen LogP) is 11.1. The monoisotopic (exact) mass is 628 g/mol. The molecule has 0 atom stereocenters. The Balaban J connectivity index is 1.34. The van der Waals surface area contributed by atoms with E-state index in [0.29, 0.717) is 0 Å². The second-order valence-electron chi connectivity index (χ2n) is 9.57. The van der Waals surface area contributed by atoms with Crippen LogP contribution in [0.3, 0.4) is 0 Å². The average molecular weight is 629 g/mol. The largest absolute Gasteiger partial charge is 0.456 e. The van der Waals surface area contributed by atoms with Crippen molar-refractivity contribution in [3.05, 3.63) is 163 Å². The van der Waals surface area contributed by atoms with Crippen molar-refractivity contribution in [2.45, 2.75) is 0 Å². The summed E-state index contributed by atoms with van der Waals surface area (Å²) in [5, 5.41) is -0.719. The molecule has 0 unspecified atom stereocenters. The van der Waals surface area contributed by atoms with Crippen LogP contribution in [-0.4, -0.2) is 15.0 Å². The molecule has 9 rings (SSSR count). The average Bonchev–Trinajstić information content (AvgIpc) is 3.36. The lowest BCUT2D eigenvalue weighted by Crippen LogP contribution is -2.00. The van der Waals surface area contributed by atoms with Crippen LogP contribution in [0.25, 0.3) is 78.3 Å². The summed E-state index contributed by atoms with van der Waals surface area (Å²) in [6.45, 7) is 0. The van der Waals surface area contributed by atoms with Crippen LogP contribution in [0.5, 0.6) is 11.5 Å². The van der Waals surface area contributed by atoms with Crippen molar-refractivity contribution in [3.8, 4) is 79.0 Å². The summed E-state index contributed by atoms with van der Waals surface area (Å²) < 4.78 is 241. The van der Waals surface area contributed by atoms with Gasteiger partial charge in [0.05, 0.1) is 37.0 Å². The second kappa shape index (κ2) is 11.2. The first-order valence-electron chi connectivity index (χ1n) is 27.0. The van der Waals surface area contributed by atoms with E-state index in [-0.39, 0.29) is 5.39 Å². The lowest BCUT2D eigenvalue weighted by molar-refractivity contribution is 0.487. The molecule has 0 radical (unpaired) electrons. The van der Waals surface area contributed by atoms with Crippen LogP contribution in [0, 0.1) is 0 Å². The Morgan fingerprint density at radius 3 is 1.45 bits per heavy atom. The SMILES string of the molecule is [2H]c1c([2H])c([2H])c(-c2nc(-c3c([2H])c([2H])c(-c4c([2H])c([2H])c([2H])c([2H])c4[2H])c([2H])c3[2H])nc(-c3c([2H])c([2H])c(-c4c([2H])c([2H])c5c(c4[2H])-c4c([2H])c([2H])c([2H])c6c([2H])c([2H])c([2H])c(c46)O5)c([2H])c3[2H])n2)c([2H])c1[2H]. The Labute approximate surface area is 310 Å². The van der Waals surface area contributed by atoms with Crippen molar-refractivity contribution in [2.75, 3.05) is 0 Å². The number of benzene rings is 7. The Morgan fingerprint density at radius 2 is 0.830 bits per heavy atom. The van der Waals surface area contributed by atoms with E-state index in [0.717, 1.165) is 0 Å². The Kier molecular flexibility index (Phi) is 2.66. The van der Waals surface area contributed by atoms with Gasteiger partial charge in [0.25, 0.3) is 0 Å². The fraction of sp³-hybridized carbons (Fsp3) is 0. The molecule has 47 heavy (non-hydrogen) atoms. The third-order valence-corrected chi connectivity index (χ3v) is 6.75. The van der Waals surface area contributed by atoms with Gasteiger partial charge in [0.15, 0.2) is 17.5 Å². The molecule has 4 nitrogen and oxygen atoms in total. The zero-order chi connectivity index (χ0) is 54.7. The van der Waals surface area contributed by atoms with Gasteiger partial charge >= 0.3 is 0 Å². The van der Waals surface area contributed by atoms with Crippen LogP contribution in [0.4, 0.5) is 0 Å². The Bertz CT molecular complexity index is 3850. The maximum atomic E-state index is 9.44. The molecule has 0 spiro atoms. The highest BCUT2D eigenvalue weighted by Crippen LogP contribution is 2.47. The van der Waals surface area contributed by atoms with Gasteiger partial charge in [0, 0.05) is 27.6 Å². The molecular weight excluding hydrogens is 574 g/mol. The first-order valence-corrected chi connectivity index (χ1v) is 13.5. The van der Waals surface area contributed by atoms with E-state index in [2.05, 4.69) is 15.0 Å². The predicted molar refractivity (Wildman–Crippen MR) is 190 cm³/mol. The highest BCUT2D eigenvalue weighted by Gasteiger charge is 2.20. The van der Waals surface area contributed by atoms with Crippen LogP contribution in [0.2, 0.25) is 0 Å². The van der Waals surface area contributed by atoms with E-state index in [9.17, 15) is 6.85 Å². The van der Waals surface area contributed by atoms with Crippen molar-refractivity contribution in [2.24, 2.45) is 0 Å². The summed E-state index contributed by atoms with van der Waals surface area (Å²) in [6, 6.07) is -24.0. The van der Waals surface area contributed by atoms with Crippen molar-refractivity contribution in [1.82, 2.24) is 15.0 Å². The van der Waals surface area contributed by atoms with Gasteiger partial charge in [0.1, 0.15) is 11.5 Å². The normalized spacial score (nSPS) is 19.6. The smallest absolute Gasteiger partial charge is 0.164 e. The van der Waals surface area contributed by atoms with E-state index >= 15 is 0 Å². The quantitative estimate of drug-likeness (QED) is 0.190. The van der Waals surface area contributed by atoms with E-state index in [4.69, 9.17) is 34.9 Å². The van der Waals surface area contributed by atoms with Crippen LogP contribution in [0.15, 0.2) is 163 Å². The maximum Gasteiger partial charge on any atom is 0.164 e. The molecule has 0 bridgehead atoms. The highest BCUT2D eigenvalue weighted by atomic mass is 16.5. The van der Waals surface area contributed by atoms with E-state index in [1.54, 1.807) is 0 Å². The van der Waals surface area contributed by atoms with Crippen LogP contribution < -0.4 is 4.74 Å². The van der Waals surface area contributed by atoms with Crippen LogP contribution >= 0.6 is 0 Å². The molecule has 7 aromatic carbocycles. The first-order chi connectivity index (χ1) is 34.5. The van der Waals surface area contributed by atoms with Crippen molar-refractivity contribution < 1.29 is 41.7 Å². The first kappa shape index (κ1) is 11.1. The van der Waals surface area contributed by atoms with Gasteiger partial charge in [-0.3, -0.25) is 0 Å². The van der Waals surface area contributed by atoms with E-state index < -0.39 is 248 Å². The number of fused-ring (bicyclic) bond motifs is 2. The van der Waals surface area contributed by atoms with Crippen molar-refractivity contribution >= 4 is 10.8 Å². The van der Waals surface area contributed by atoms with Crippen molar-refractivity contribution in [1.29, 1.82) is 0 Å². The molecule has 220 valence electrons. The molecule has 1 aliphatic heterocycles. The summed E-state index contributed by atoms with van der Waals surface area (Å²) in [5.74, 6) is -3.76. The molecule has 0 aliphatic carbocycles. The Morgan fingerprint density at radius 1 is 0.362 bits per heavy atom.